The first kappa shape index (κ1) is 15.8. The highest BCUT2D eigenvalue weighted by Crippen LogP contribution is 2.39. The minimum atomic E-state index is -0.242. The fourth-order valence-electron chi connectivity index (χ4n) is 1.45. The predicted molar refractivity (Wildman–Crippen MR) is 69.3 cm³/mol. The van der Waals surface area contributed by atoms with Crippen LogP contribution in [-0.4, -0.2) is 27.9 Å². The van der Waals surface area contributed by atoms with E-state index in [9.17, 15) is 0 Å². The highest BCUT2D eigenvalue weighted by molar-refractivity contribution is 5.85. The number of halogens is 1. The lowest BCUT2D eigenvalue weighted by Gasteiger charge is -2.16. The Bertz CT molecular complexity index is 336. The van der Waals surface area contributed by atoms with Gasteiger partial charge in [0.25, 0.3) is 0 Å². The molecule has 0 radical (unpaired) electrons. The van der Waals surface area contributed by atoms with Gasteiger partial charge in [0, 0.05) is 12.6 Å². The third-order valence-electron chi connectivity index (χ3n) is 2.37. The van der Waals surface area contributed by atoms with E-state index in [-0.39, 0.29) is 18.4 Å². The first-order valence-corrected chi connectivity index (χ1v) is 4.93. The Hall–Kier alpha value is -1.17. The summed E-state index contributed by atoms with van der Waals surface area (Å²) in [5, 5.41) is 0. The van der Waals surface area contributed by atoms with Gasteiger partial charge in [-0.25, -0.2) is 0 Å². The zero-order chi connectivity index (χ0) is 12.1. The van der Waals surface area contributed by atoms with Crippen LogP contribution in [0.4, 0.5) is 0 Å². The molecule has 6 heteroatoms. The molecule has 0 saturated carbocycles. The van der Waals surface area contributed by atoms with Crippen LogP contribution < -0.4 is 25.7 Å². The van der Waals surface area contributed by atoms with Gasteiger partial charge in [0.2, 0.25) is 5.75 Å². The second-order valence-corrected chi connectivity index (χ2v) is 3.30. The standard InChI is InChI=1S/C11H18N2O3.ClH/c1-14-9-4-7(8(13)6-12)5-10(15-2)11(9)16-3;/h4-5,8H,6,12-13H2,1-3H3;1H/t8-;/m1./s1. The van der Waals surface area contributed by atoms with Crippen molar-refractivity contribution in [3.05, 3.63) is 17.7 Å². The number of methoxy groups -OCH3 is 3. The molecule has 0 saturated heterocycles. The Morgan fingerprint density at radius 1 is 1.06 bits per heavy atom. The summed E-state index contributed by atoms with van der Waals surface area (Å²) in [6, 6.07) is 3.37. The SMILES string of the molecule is COc1cc([C@H](N)CN)cc(OC)c1OC.Cl. The molecular weight excluding hydrogens is 244 g/mol. The summed E-state index contributed by atoms with van der Waals surface area (Å²) >= 11 is 0. The minimum Gasteiger partial charge on any atom is -0.493 e. The summed E-state index contributed by atoms with van der Waals surface area (Å²) in [6.07, 6.45) is 0. The maximum absolute atomic E-state index is 5.86. The lowest BCUT2D eigenvalue weighted by molar-refractivity contribution is 0.323. The topological polar surface area (TPSA) is 79.7 Å². The van der Waals surface area contributed by atoms with Gasteiger partial charge >= 0.3 is 0 Å². The number of rotatable bonds is 5. The van der Waals surface area contributed by atoms with Gasteiger partial charge in [-0.3, -0.25) is 0 Å². The summed E-state index contributed by atoms with van der Waals surface area (Å²) in [5.74, 6) is 1.72. The molecule has 0 fully saturated rings. The number of benzene rings is 1. The van der Waals surface area contributed by atoms with Crippen molar-refractivity contribution in [2.75, 3.05) is 27.9 Å². The Morgan fingerprint density at radius 2 is 1.53 bits per heavy atom. The van der Waals surface area contributed by atoms with E-state index in [2.05, 4.69) is 0 Å². The van der Waals surface area contributed by atoms with E-state index in [0.29, 0.717) is 23.8 Å². The van der Waals surface area contributed by atoms with Crippen LogP contribution in [0.2, 0.25) is 0 Å². The van der Waals surface area contributed by atoms with Crippen LogP contribution in [0.25, 0.3) is 0 Å². The van der Waals surface area contributed by atoms with Crippen LogP contribution in [0.5, 0.6) is 17.2 Å². The Kier molecular flexibility index (Phi) is 6.72. The fraction of sp³-hybridized carbons (Fsp3) is 0.455. The molecule has 0 unspecified atom stereocenters. The van der Waals surface area contributed by atoms with Gasteiger partial charge in [0.1, 0.15) is 0 Å². The first-order valence-electron chi connectivity index (χ1n) is 4.93. The summed E-state index contributed by atoms with van der Waals surface area (Å²) < 4.78 is 15.6. The smallest absolute Gasteiger partial charge is 0.203 e. The van der Waals surface area contributed by atoms with Gasteiger partial charge in [0.15, 0.2) is 11.5 Å². The number of nitrogens with two attached hydrogens (primary N) is 2. The summed E-state index contributed by atoms with van der Waals surface area (Å²) in [5.41, 5.74) is 12.2. The van der Waals surface area contributed by atoms with Crippen LogP contribution in [0.1, 0.15) is 11.6 Å². The van der Waals surface area contributed by atoms with E-state index < -0.39 is 0 Å². The largest absolute Gasteiger partial charge is 0.493 e. The van der Waals surface area contributed by atoms with Crippen LogP contribution in [-0.2, 0) is 0 Å². The van der Waals surface area contributed by atoms with Crippen molar-refractivity contribution < 1.29 is 14.2 Å². The van der Waals surface area contributed by atoms with Crippen LogP contribution in [0.3, 0.4) is 0 Å². The van der Waals surface area contributed by atoms with Gasteiger partial charge in [-0.05, 0) is 17.7 Å². The molecule has 5 nitrogen and oxygen atoms in total. The average molecular weight is 263 g/mol. The van der Waals surface area contributed by atoms with Crippen LogP contribution >= 0.6 is 12.4 Å². The predicted octanol–water partition coefficient (Wildman–Crippen LogP) is 1.09. The molecule has 17 heavy (non-hydrogen) atoms. The van der Waals surface area contributed by atoms with E-state index >= 15 is 0 Å². The number of hydrogen-bond acceptors (Lipinski definition) is 5. The van der Waals surface area contributed by atoms with Gasteiger partial charge in [0.05, 0.1) is 21.3 Å². The molecule has 0 bridgehead atoms. The monoisotopic (exact) mass is 262 g/mol. The Balaban J connectivity index is 0.00000256. The molecule has 1 aromatic rings. The lowest BCUT2D eigenvalue weighted by Crippen LogP contribution is -2.20. The molecule has 0 spiro atoms. The molecule has 1 rings (SSSR count). The van der Waals surface area contributed by atoms with E-state index in [1.807, 2.05) is 0 Å². The summed E-state index contributed by atoms with van der Waals surface area (Å²) in [7, 11) is 4.69. The Labute approximate surface area is 107 Å². The first-order chi connectivity index (χ1) is 7.67. The van der Waals surface area contributed by atoms with Crippen molar-refractivity contribution in [1.82, 2.24) is 0 Å². The number of hydrogen-bond donors (Lipinski definition) is 2. The average Bonchev–Trinajstić information content (AvgIpc) is 2.35. The highest BCUT2D eigenvalue weighted by Gasteiger charge is 2.15. The third-order valence-corrected chi connectivity index (χ3v) is 2.37. The molecule has 0 heterocycles. The molecule has 0 amide bonds. The fourth-order valence-corrected chi connectivity index (χ4v) is 1.45. The van der Waals surface area contributed by atoms with E-state index in [1.165, 1.54) is 0 Å². The van der Waals surface area contributed by atoms with Gasteiger partial charge in [-0.1, -0.05) is 0 Å². The molecule has 4 N–H and O–H groups in total. The molecule has 0 aliphatic rings. The minimum absolute atomic E-state index is 0. The van der Waals surface area contributed by atoms with E-state index in [4.69, 9.17) is 25.7 Å². The maximum atomic E-state index is 5.86. The van der Waals surface area contributed by atoms with Crippen molar-refractivity contribution in [3.63, 3.8) is 0 Å². The molecule has 0 aliphatic heterocycles. The number of ether oxygens (including phenoxy) is 3. The van der Waals surface area contributed by atoms with Crippen molar-refractivity contribution in [1.29, 1.82) is 0 Å². The lowest BCUT2D eigenvalue weighted by atomic mass is 10.1. The maximum Gasteiger partial charge on any atom is 0.203 e. The molecule has 1 atom stereocenters. The molecular formula is C11H19ClN2O3. The van der Waals surface area contributed by atoms with Gasteiger partial charge in [-0.2, -0.15) is 0 Å². The molecule has 1 aromatic carbocycles. The summed E-state index contributed by atoms with van der Waals surface area (Å²) in [6.45, 7) is 0.360. The van der Waals surface area contributed by atoms with E-state index in [0.717, 1.165) is 5.56 Å². The van der Waals surface area contributed by atoms with E-state index in [1.54, 1.807) is 33.5 Å². The molecule has 0 aliphatic carbocycles. The second kappa shape index (κ2) is 7.21. The van der Waals surface area contributed by atoms with Crippen molar-refractivity contribution in [2.24, 2.45) is 11.5 Å². The molecule has 98 valence electrons. The molecule has 0 aromatic heterocycles. The summed E-state index contributed by atoms with van der Waals surface area (Å²) in [4.78, 5) is 0. The van der Waals surface area contributed by atoms with Crippen LogP contribution in [0, 0.1) is 0 Å². The van der Waals surface area contributed by atoms with Gasteiger partial charge < -0.3 is 25.7 Å². The quantitative estimate of drug-likeness (QED) is 0.830. The third kappa shape index (κ3) is 3.39. The highest BCUT2D eigenvalue weighted by atomic mass is 35.5. The zero-order valence-corrected chi connectivity index (χ0v) is 11.0. The van der Waals surface area contributed by atoms with Crippen LogP contribution in [0.15, 0.2) is 12.1 Å². The van der Waals surface area contributed by atoms with Crippen molar-refractivity contribution in [3.8, 4) is 17.2 Å². The van der Waals surface area contributed by atoms with Gasteiger partial charge in [-0.15, -0.1) is 12.4 Å². The van der Waals surface area contributed by atoms with Crippen molar-refractivity contribution in [2.45, 2.75) is 6.04 Å². The normalized spacial score (nSPS) is 11.4. The zero-order valence-electron chi connectivity index (χ0n) is 10.2. The Morgan fingerprint density at radius 3 is 1.82 bits per heavy atom. The van der Waals surface area contributed by atoms with Crippen molar-refractivity contribution >= 4 is 12.4 Å². The second-order valence-electron chi connectivity index (χ2n) is 3.30.